The van der Waals surface area contributed by atoms with E-state index in [1.807, 2.05) is 24.3 Å². The number of carbonyl (C=O) groups excluding carboxylic acids is 2. The average molecular weight is 301 g/mol. The molecule has 2 fully saturated rings. The first-order valence-electron chi connectivity index (χ1n) is 7.45. The molecule has 2 saturated heterocycles. The summed E-state index contributed by atoms with van der Waals surface area (Å²) in [5.41, 5.74) is 1.89. The van der Waals surface area contributed by atoms with E-state index in [2.05, 4.69) is 16.6 Å². The van der Waals surface area contributed by atoms with Gasteiger partial charge in [-0.25, -0.2) is 4.79 Å². The average Bonchev–Trinajstić information content (AvgIpc) is 2.89. The highest BCUT2D eigenvalue weighted by Gasteiger charge is 2.32. The zero-order valence-electron chi connectivity index (χ0n) is 12.4. The largest absolute Gasteiger partial charge is 0.442 e. The minimum Gasteiger partial charge on any atom is -0.442 e. The normalized spacial score (nSPS) is 21.9. The minimum absolute atomic E-state index is 0.224. The molecule has 0 radical (unpaired) electrons. The van der Waals surface area contributed by atoms with Crippen molar-refractivity contribution in [3.05, 3.63) is 24.3 Å². The van der Waals surface area contributed by atoms with Crippen molar-refractivity contribution in [1.82, 2.24) is 0 Å². The highest BCUT2D eigenvalue weighted by molar-refractivity contribution is 5.90. The number of nitrogens with zero attached hydrogens (tertiary/aromatic N) is 3. The van der Waals surface area contributed by atoms with Crippen LogP contribution in [0.25, 0.3) is 0 Å². The number of carbonyl (C=O) groups is 2. The molecule has 2 aliphatic heterocycles. The Balaban J connectivity index is 1.68. The van der Waals surface area contributed by atoms with Gasteiger partial charge in [0.25, 0.3) is 0 Å². The van der Waals surface area contributed by atoms with Crippen LogP contribution in [0, 0.1) is 0 Å². The Morgan fingerprint density at radius 3 is 2.41 bits per heavy atom. The van der Waals surface area contributed by atoms with Crippen molar-refractivity contribution >= 4 is 30.0 Å². The molecule has 0 N–H and O–H groups in total. The molecule has 0 bridgehead atoms. The third-order valence-corrected chi connectivity index (χ3v) is 4.05. The van der Waals surface area contributed by atoms with Gasteiger partial charge in [-0.3, -0.25) is 14.7 Å². The Kier molecular flexibility index (Phi) is 4.09. The summed E-state index contributed by atoms with van der Waals surface area (Å²) < 4.78 is 5.23. The summed E-state index contributed by atoms with van der Waals surface area (Å²) in [6.45, 7) is 5.86. The van der Waals surface area contributed by atoms with Gasteiger partial charge in [-0.15, -0.1) is 0 Å². The summed E-state index contributed by atoms with van der Waals surface area (Å²) in [4.78, 5) is 30.7. The van der Waals surface area contributed by atoms with E-state index in [9.17, 15) is 9.59 Å². The molecule has 1 amide bonds. The lowest BCUT2D eigenvalue weighted by Gasteiger charge is -2.28. The fourth-order valence-corrected chi connectivity index (χ4v) is 2.83. The van der Waals surface area contributed by atoms with E-state index in [1.54, 1.807) is 4.90 Å². The topological polar surface area (TPSA) is 62.2 Å². The van der Waals surface area contributed by atoms with E-state index < -0.39 is 0 Å². The molecule has 1 aromatic carbocycles. The number of anilines is 2. The first-order chi connectivity index (χ1) is 10.7. The molecule has 1 aromatic rings. The molecule has 6 heteroatoms. The zero-order chi connectivity index (χ0) is 15.5. The van der Waals surface area contributed by atoms with Crippen molar-refractivity contribution in [2.75, 3.05) is 36.0 Å². The molecule has 0 saturated carbocycles. The third kappa shape index (κ3) is 2.95. The molecule has 0 unspecified atom stereocenters. The highest BCUT2D eigenvalue weighted by atomic mass is 16.6. The number of cyclic esters (lactones) is 1. The van der Waals surface area contributed by atoms with Gasteiger partial charge in [-0.1, -0.05) is 0 Å². The van der Waals surface area contributed by atoms with Crippen LogP contribution in [0.3, 0.4) is 0 Å². The zero-order valence-corrected chi connectivity index (χ0v) is 12.4. The van der Waals surface area contributed by atoms with E-state index in [0.717, 1.165) is 24.5 Å². The Labute approximate surface area is 129 Å². The number of benzene rings is 1. The maximum atomic E-state index is 11.9. The van der Waals surface area contributed by atoms with Crippen LogP contribution in [0.1, 0.15) is 12.8 Å². The first kappa shape index (κ1) is 14.6. The van der Waals surface area contributed by atoms with E-state index in [4.69, 9.17) is 4.74 Å². The van der Waals surface area contributed by atoms with Crippen LogP contribution < -0.4 is 9.80 Å². The summed E-state index contributed by atoms with van der Waals surface area (Å²) in [6.07, 6.45) is 0.648. The molecular formula is C16H19N3O3. The summed E-state index contributed by atoms with van der Waals surface area (Å²) in [5.74, 6) is 0.328. The second kappa shape index (κ2) is 6.17. The van der Waals surface area contributed by atoms with Gasteiger partial charge in [0.15, 0.2) is 0 Å². The van der Waals surface area contributed by atoms with Crippen LogP contribution in [-0.4, -0.2) is 50.9 Å². The SMILES string of the molecule is C=NC[C@H]1CN(c2ccc(N3CCC(=O)CC3)cc2)C(=O)O1. The van der Waals surface area contributed by atoms with E-state index in [-0.39, 0.29) is 12.2 Å². The van der Waals surface area contributed by atoms with Crippen molar-refractivity contribution in [3.63, 3.8) is 0 Å². The number of amides is 1. The van der Waals surface area contributed by atoms with Crippen LogP contribution in [0.4, 0.5) is 16.2 Å². The van der Waals surface area contributed by atoms with Gasteiger partial charge in [-0.05, 0) is 31.0 Å². The Morgan fingerprint density at radius 1 is 1.14 bits per heavy atom. The molecule has 1 atom stereocenters. The Morgan fingerprint density at radius 2 is 1.77 bits per heavy atom. The van der Waals surface area contributed by atoms with Crippen LogP contribution >= 0.6 is 0 Å². The lowest BCUT2D eigenvalue weighted by atomic mass is 10.1. The predicted molar refractivity (Wildman–Crippen MR) is 84.9 cm³/mol. The molecule has 2 aliphatic rings. The smallest absolute Gasteiger partial charge is 0.414 e. The van der Waals surface area contributed by atoms with Gasteiger partial charge in [-0.2, -0.15) is 0 Å². The quantitative estimate of drug-likeness (QED) is 0.797. The number of hydrogen-bond acceptors (Lipinski definition) is 5. The third-order valence-electron chi connectivity index (χ3n) is 4.05. The van der Waals surface area contributed by atoms with Crippen molar-refractivity contribution in [2.24, 2.45) is 4.99 Å². The van der Waals surface area contributed by atoms with Gasteiger partial charge in [0.05, 0.1) is 13.1 Å². The summed E-state index contributed by atoms with van der Waals surface area (Å²) in [5, 5.41) is 0. The second-order valence-electron chi connectivity index (χ2n) is 5.56. The molecule has 22 heavy (non-hydrogen) atoms. The summed E-state index contributed by atoms with van der Waals surface area (Å²) >= 11 is 0. The van der Waals surface area contributed by atoms with Crippen LogP contribution in [0.5, 0.6) is 0 Å². The van der Waals surface area contributed by atoms with Gasteiger partial charge in [0, 0.05) is 37.3 Å². The number of aliphatic imine (C=N–C) groups is 1. The molecule has 3 rings (SSSR count). The standard InChI is InChI=1S/C16H19N3O3/c1-17-10-15-11-19(16(21)22-15)13-4-2-12(3-5-13)18-8-6-14(20)7-9-18/h2-5,15H,1,6-11H2/t15-/m0/s1. The van der Waals surface area contributed by atoms with E-state index >= 15 is 0 Å². The summed E-state index contributed by atoms with van der Waals surface area (Å²) in [6, 6.07) is 7.79. The first-order valence-corrected chi connectivity index (χ1v) is 7.45. The number of ketones is 1. The molecule has 116 valence electrons. The van der Waals surface area contributed by atoms with Crippen molar-refractivity contribution < 1.29 is 14.3 Å². The Hall–Kier alpha value is -2.37. The van der Waals surface area contributed by atoms with Crippen LogP contribution in [0.15, 0.2) is 29.3 Å². The minimum atomic E-state index is -0.343. The van der Waals surface area contributed by atoms with Crippen molar-refractivity contribution in [2.45, 2.75) is 18.9 Å². The van der Waals surface area contributed by atoms with Gasteiger partial charge >= 0.3 is 6.09 Å². The monoisotopic (exact) mass is 301 g/mol. The molecule has 6 nitrogen and oxygen atoms in total. The maximum Gasteiger partial charge on any atom is 0.414 e. The van der Waals surface area contributed by atoms with Crippen LogP contribution in [0.2, 0.25) is 0 Å². The number of hydrogen-bond donors (Lipinski definition) is 0. The number of rotatable bonds is 4. The lowest BCUT2D eigenvalue weighted by Crippen LogP contribution is -2.33. The number of Topliss-reactive ketones (excluding diaryl/α,β-unsaturated/α-hetero) is 1. The highest BCUT2D eigenvalue weighted by Crippen LogP contribution is 2.26. The fourth-order valence-electron chi connectivity index (χ4n) is 2.83. The van der Waals surface area contributed by atoms with Gasteiger partial charge in [0.2, 0.25) is 0 Å². The van der Waals surface area contributed by atoms with E-state index in [1.165, 1.54) is 0 Å². The van der Waals surface area contributed by atoms with Crippen LogP contribution in [-0.2, 0) is 9.53 Å². The van der Waals surface area contributed by atoms with E-state index in [0.29, 0.717) is 31.7 Å². The molecule has 2 heterocycles. The molecule has 0 spiro atoms. The Bertz CT molecular complexity index is 575. The van der Waals surface area contributed by atoms with Gasteiger partial charge in [0.1, 0.15) is 11.9 Å². The predicted octanol–water partition coefficient (Wildman–Crippen LogP) is 1.88. The number of piperidine rings is 1. The summed E-state index contributed by atoms with van der Waals surface area (Å²) in [7, 11) is 0. The van der Waals surface area contributed by atoms with Crippen molar-refractivity contribution in [1.29, 1.82) is 0 Å². The second-order valence-corrected chi connectivity index (χ2v) is 5.56. The molecule has 0 aromatic heterocycles. The van der Waals surface area contributed by atoms with Gasteiger partial charge < -0.3 is 9.64 Å². The van der Waals surface area contributed by atoms with Crippen molar-refractivity contribution in [3.8, 4) is 0 Å². The maximum absolute atomic E-state index is 11.9. The number of ether oxygens (including phenoxy) is 1. The lowest BCUT2D eigenvalue weighted by molar-refractivity contribution is -0.119. The molecular weight excluding hydrogens is 282 g/mol. The molecule has 0 aliphatic carbocycles. The fraction of sp³-hybridized carbons (Fsp3) is 0.438.